The maximum atomic E-state index is 2.36. The molecule has 2 aromatic heterocycles. The third kappa shape index (κ3) is 3.78. The molecule has 0 fully saturated rings. The molecule has 0 aliphatic heterocycles. The lowest BCUT2D eigenvalue weighted by Crippen LogP contribution is -1.91. The van der Waals surface area contributed by atoms with Gasteiger partial charge in [-0.3, -0.25) is 0 Å². The molecule has 2 heterocycles. The third-order valence-corrected chi connectivity index (χ3v) is 11.8. The second-order valence-corrected chi connectivity index (χ2v) is 14.1. The van der Waals surface area contributed by atoms with Crippen molar-refractivity contribution < 1.29 is 0 Å². The predicted octanol–water partition coefficient (Wildman–Crippen LogP) is 13.7. The molecule has 0 spiro atoms. The van der Waals surface area contributed by atoms with Gasteiger partial charge in [0.05, 0.1) is 0 Å². The van der Waals surface area contributed by atoms with E-state index in [4.69, 9.17) is 0 Å². The summed E-state index contributed by atoms with van der Waals surface area (Å²) in [7, 11) is 0. The largest absolute Gasteiger partial charge is 0.135 e. The van der Waals surface area contributed by atoms with Gasteiger partial charge in [0.15, 0.2) is 0 Å². The summed E-state index contributed by atoms with van der Waals surface area (Å²) in [4.78, 5) is 1.33. The van der Waals surface area contributed by atoms with E-state index in [1.165, 1.54) is 95.3 Å². The highest BCUT2D eigenvalue weighted by Gasteiger charge is 2.24. The number of thiophene rings is 2. The molecule has 0 amide bonds. The zero-order valence-electron chi connectivity index (χ0n) is 24.8. The molecule has 2 heteroatoms. The molecule has 8 aromatic carbocycles. The standard InChI is InChI=1S/C44H26S2/c1-2-13-28(14-3-1)40-43-38(25-24-37-42(43)35-20-10-11-21-36(35)45-37)46-44(40)41-33-18-8-6-16-31(33)39(32-17-7-9-19-34(32)41)30-23-22-27-12-4-5-15-29(27)26-30/h1-26H. The lowest BCUT2D eigenvalue weighted by molar-refractivity contribution is 1.68. The van der Waals surface area contributed by atoms with Crippen molar-refractivity contribution in [1.82, 2.24) is 0 Å². The van der Waals surface area contributed by atoms with Crippen LogP contribution in [0.3, 0.4) is 0 Å². The Morgan fingerprint density at radius 3 is 1.59 bits per heavy atom. The predicted molar refractivity (Wildman–Crippen MR) is 204 cm³/mol. The van der Waals surface area contributed by atoms with Crippen molar-refractivity contribution in [2.45, 2.75) is 0 Å². The van der Waals surface area contributed by atoms with Crippen LogP contribution in [0.15, 0.2) is 158 Å². The highest BCUT2D eigenvalue weighted by molar-refractivity contribution is 7.27. The van der Waals surface area contributed by atoms with Crippen LogP contribution in [0.5, 0.6) is 0 Å². The molecule has 0 unspecified atom stereocenters. The van der Waals surface area contributed by atoms with Gasteiger partial charge in [-0.15, -0.1) is 22.7 Å². The number of hydrogen-bond acceptors (Lipinski definition) is 2. The zero-order chi connectivity index (χ0) is 30.2. The quantitative estimate of drug-likeness (QED) is 0.173. The summed E-state index contributed by atoms with van der Waals surface area (Å²) >= 11 is 3.83. The fourth-order valence-corrected chi connectivity index (χ4v) is 9.91. The molecule has 0 saturated heterocycles. The summed E-state index contributed by atoms with van der Waals surface area (Å²) in [6, 6.07) is 58.2. The summed E-state index contributed by atoms with van der Waals surface area (Å²) in [5.41, 5.74) is 6.48. The van der Waals surface area contributed by atoms with Gasteiger partial charge in [0.25, 0.3) is 0 Å². The molecule has 0 saturated carbocycles. The minimum absolute atomic E-state index is 1.25. The molecular formula is C44H26S2. The Morgan fingerprint density at radius 1 is 0.304 bits per heavy atom. The van der Waals surface area contributed by atoms with Gasteiger partial charge in [-0.2, -0.15) is 0 Å². The average molecular weight is 619 g/mol. The molecule has 214 valence electrons. The van der Waals surface area contributed by atoms with Gasteiger partial charge in [-0.1, -0.05) is 133 Å². The summed E-state index contributed by atoms with van der Waals surface area (Å²) in [5.74, 6) is 0. The third-order valence-electron chi connectivity index (χ3n) is 9.45. The maximum Gasteiger partial charge on any atom is 0.0446 e. The minimum atomic E-state index is 1.25. The SMILES string of the molecule is c1ccc(-c2c(-c3c4ccccc4c(-c4ccc5ccccc5c4)c4ccccc34)sc3ccc4sc5ccccc5c4c23)cc1. The van der Waals surface area contributed by atoms with Gasteiger partial charge in [0.1, 0.15) is 0 Å². The van der Waals surface area contributed by atoms with E-state index in [0.29, 0.717) is 0 Å². The van der Waals surface area contributed by atoms with Crippen LogP contribution in [0.1, 0.15) is 0 Å². The van der Waals surface area contributed by atoms with Crippen LogP contribution in [0, 0.1) is 0 Å². The van der Waals surface area contributed by atoms with Crippen LogP contribution in [0.25, 0.3) is 95.3 Å². The Labute approximate surface area is 274 Å². The topological polar surface area (TPSA) is 0 Å². The van der Waals surface area contributed by atoms with E-state index in [9.17, 15) is 0 Å². The highest BCUT2D eigenvalue weighted by Crippen LogP contribution is 2.54. The Hall–Kier alpha value is -5.28. The first kappa shape index (κ1) is 26.0. The minimum Gasteiger partial charge on any atom is -0.135 e. The van der Waals surface area contributed by atoms with E-state index < -0.39 is 0 Å². The summed E-state index contributed by atoms with van der Waals surface area (Å²) < 4.78 is 4.01. The first-order chi connectivity index (χ1) is 22.8. The molecule has 0 bridgehead atoms. The molecule has 0 aliphatic rings. The zero-order valence-corrected chi connectivity index (χ0v) is 26.5. The number of hydrogen-bond donors (Lipinski definition) is 0. The van der Waals surface area contributed by atoms with E-state index in [1.807, 2.05) is 22.7 Å². The smallest absolute Gasteiger partial charge is 0.0446 e. The molecule has 0 atom stereocenters. The van der Waals surface area contributed by atoms with Crippen LogP contribution < -0.4 is 0 Å². The normalized spacial score (nSPS) is 11.9. The van der Waals surface area contributed by atoms with Crippen LogP contribution >= 0.6 is 22.7 Å². The second kappa shape index (κ2) is 10.1. The van der Waals surface area contributed by atoms with Gasteiger partial charge in [-0.25, -0.2) is 0 Å². The molecule has 10 aromatic rings. The number of fused-ring (bicyclic) bond motifs is 8. The molecule has 0 aliphatic carbocycles. The first-order valence-corrected chi connectivity index (χ1v) is 17.3. The fourth-order valence-electron chi connectivity index (χ4n) is 7.49. The van der Waals surface area contributed by atoms with E-state index in [-0.39, 0.29) is 0 Å². The molecule has 10 rings (SSSR count). The first-order valence-electron chi connectivity index (χ1n) is 15.7. The highest BCUT2D eigenvalue weighted by atomic mass is 32.1. The van der Waals surface area contributed by atoms with E-state index in [2.05, 4.69) is 158 Å². The van der Waals surface area contributed by atoms with Crippen molar-refractivity contribution in [3.8, 4) is 32.7 Å². The van der Waals surface area contributed by atoms with Crippen LogP contribution in [0.2, 0.25) is 0 Å². The molecule has 0 radical (unpaired) electrons. The van der Waals surface area contributed by atoms with Crippen molar-refractivity contribution in [3.05, 3.63) is 158 Å². The van der Waals surface area contributed by atoms with Crippen molar-refractivity contribution in [2.24, 2.45) is 0 Å². The van der Waals surface area contributed by atoms with Gasteiger partial charge in [0, 0.05) is 46.3 Å². The van der Waals surface area contributed by atoms with Crippen molar-refractivity contribution in [2.75, 3.05) is 0 Å². The number of rotatable bonds is 3. The lowest BCUT2D eigenvalue weighted by atomic mass is 9.86. The molecule has 46 heavy (non-hydrogen) atoms. The van der Waals surface area contributed by atoms with Crippen molar-refractivity contribution in [3.63, 3.8) is 0 Å². The van der Waals surface area contributed by atoms with Gasteiger partial charge in [-0.05, 0) is 73.3 Å². The van der Waals surface area contributed by atoms with Crippen LogP contribution in [-0.4, -0.2) is 0 Å². The summed E-state index contributed by atoms with van der Waals surface area (Å²) in [6.07, 6.45) is 0. The molecule has 0 nitrogen and oxygen atoms in total. The fraction of sp³-hybridized carbons (Fsp3) is 0. The van der Waals surface area contributed by atoms with E-state index in [1.54, 1.807) is 0 Å². The average Bonchev–Trinajstić information content (AvgIpc) is 3.69. The monoisotopic (exact) mass is 618 g/mol. The second-order valence-electron chi connectivity index (χ2n) is 12.0. The van der Waals surface area contributed by atoms with Gasteiger partial charge >= 0.3 is 0 Å². The number of benzene rings is 8. The maximum absolute atomic E-state index is 2.36. The lowest BCUT2D eigenvalue weighted by Gasteiger charge is -2.18. The summed E-state index contributed by atoms with van der Waals surface area (Å²) in [6.45, 7) is 0. The van der Waals surface area contributed by atoms with E-state index in [0.717, 1.165) is 0 Å². The molecular weight excluding hydrogens is 593 g/mol. The van der Waals surface area contributed by atoms with Gasteiger partial charge in [0.2, 0.25) is 0 Å². The Morgan fingerprint density at radius 2 is 0.870 bits per heavy atom. The Kier molecular flexibility index (Phi) is 5.72. The molecule has 0 N–H and O–H groups in total. The van der Waals surface area contributed by atoms with Crippen LogP contribution in [0.4, 0.5) is 0 Å². The summed E-state index contributed by atoms with van der Waals surface area (Å²) in [5, 5.41) is 11.8. The Bertz CT molecular complexity index is 2740. The van der Waals surface area contributed by atoms with E-state index >= 15 is 0 Å². The van der Waals surface area contributed by atoms with Crippen LogP contribution in [-0.2, 0) is 0 Å². The van der Waals surface area contributed by atoms with Crippen molar-refractivity contribution >= 4 is 85.2 Å². The Balaban J connectivity index is 1.38. The van der Waals surface area contributed by atoms with Crippen molar-refractivity contribution in [1.29, 1.82) is 0 Å². The van der Waals surface area contributed by atoms with Gasteiger partial charge < -0.3 is 0 Å².